The normalized spacial score (nSPS) is 10.2. The summed E-state index contributed by atoms with van der Waals surface area (Å²) < 4.78 is 0.979. The third kappa shape index (κ3) is 4.05. The highest BCUT2D eigenvalue weighted by atomic mass is 79.9. The van der Waals surface area contributed by atoms with E-state index < -0.39 is 5.97 Å². The van der Waals surface area contributed by atoms with E-state index in [1.165, 1.54) is 11.0 Å². The second kappa shape index (κ2) is 6.73. The molecule has 2 aromatic rings. The van der Waals surface area contributed by atoms with Gasteiger partial charge in [0.05, 0.1) is 17.8 Å². The fourth-order valence-corrected chi connectivity index (χ4v) is 3.23. The lowest BCUT2D eigenvalue weighted by atomic mass is 10.2. The topological polar surface area (TPSA) is 69.6 Å². The van der Waals surface area contributed by atoms with Crippen molar-refractivity contribution in [2.45, 2.75) is 6.54 Å². The maximum atomic E-state index is 12.1. The first kappa shape index (κ1) is 15.5. The summed E-state index contributed by atoms with van der Waals surface area (Å²) in [5.41, 5.74) is 0.354. The van der Waals surface area contributed by atoms with Crippen LogP contribution in [0.25, 0.3) is 0 Å². The third-order valence-corrected chi connectivity index (χ3v) is 4.44. The zero-order valence-electron chi connectivity index (χ0n) is 11.2. The summed E-state index contributed by atoms with van der Waals surface area (Å²) in [4.78, 5) is 25.7. The van der Waals surface area contributed by atoms with E-state index in [0.717, 1.165) is 9.35 Å². The van der Waals surface area contributed by atoms with Crippen molar-refractivity contribution in [2.24, 2.45) is 0 Å². The van der Waals surface area contributed by atoms with Gasteiger partial charge in [0.2, 0.25) is 0 Å². The minimum absolute atomic E-state index is 0.0677. The molecule has 2 amide bonds. The van der Waals surface area contributed by atoms with Crippen molar-refractivity contribution >= 4 is 45.0 Å². The Morgan fingerprint density at radius 1 is 1.38 bits per heavy atom. The molecule has 0 atom stereocenters. The number of nitrogens with zero attached hydrogens (tertiary/aromatic N) is 1. The van der Waals surface area contributed by atoms with E-state index in [-0.39, 0.29) is 17.3 Å². The van der Waals surface area contributed by atoms with Crippen molar-refractivity contribution in [3.05, 3.63) is 50.6 Å². The molecule has 0 aliphatic rings. The SMILES string of the molecule is CN(Cc1cc(Br)cs1)C(=O)Nc1ccccc1C(=O)O. The fraction of sp³-hybridized carbons (Fsp3) is 0.143. The van der Waals surface area contributed by atoms with Crippen molar-refractivity contribution in [2.75, 3.05) is 12.4 Å². The van der Waals surface area contributed by atoms with E-state index in [4.69, 9.17) is 5.11 Å². The predicted molar refractivity (Wildman–Crippen MR) is 85.9 cm³/mol. The number of carbonyl (C=O) groups is 2. The Labute approximate surface area is 134 Å². The number of urea groups is 1. The second-order valence-electron chi connectivity index (χ2n) is 4.37. The Morgan fingerprint density at radius 2 is 2.10 bits per heavy atom. The number of para-hydroxylation sites is 1. The third-order valence-electron chi connectivity index (χ3n) is 2.76. The Hall–Kier alpha value is -1.86. The first-order valence-corrected chi connectivity index (χ1v) is 7.72. The lowest BCUT2D eigenvalue weighted by Crippen LogP contribution is -2.31. The Morgan fingerprint density at radius 3 is 2.71 bits per heavy atom. The largest absolute Gasteiger partial charge is 0.478 e. The number of carboxylic acids is 1. The predicted octanol–water partition coefficient (Wildman–Crippen LogP) is 3.87. The van der Waals surface area contributed by atoms with Gasteiger partial charge in [0, 0.05) is 21.8 Å². The quantitative estimate of drug-likeness (QED) is 0.860. The number of thiophene rings is 1. The van der Waals surface area contributed by atoms with E-state index in [1.807, 2.05) is 11.4 Å². The van der Waals surface area contributed by atoms with Crippen LogP contribution >= 0.6 is 27.3 Å². The molecular weight excluding hydrogens is 356 g/mol. The number of nitrogens with one attached hydrogen (secondary N) is 1. The monoisotopic (exact) mass is 368 g/mol. The lowest BCUT2D eigenvalue weighted by molar-refractivity contribution is 0.0698. The number of aromatic carboxylic acids is 1. The summed E-state index contributed by atoms with van der Waals surface area (Å²) in [7, 11) is 1.66. The Balaban J connectivity index is 2.05. The van der Waals surface area contributed by atoms with Crippen LogP contribution in [-0.2, 0) is 6.54 Å². The number of rotatable bonds is 4. The molecule has 1 heterocycles. The summed E-state index contributed by atoms with van der Waals surface area (Å²) >= 11 is 4.91. The first-order valence-electron chi connectivity index (χ1n) is 6.04. The molecule has 0 saturated heterocycles. The van der Waals surface area contributed by atoms with Gasteiger partial charge in [-0.05, 0) is 34.1 Å². The molecule has 5 nitrogen and oxygen atoms in total. The second-order valence-corrected chi connectivity index (χ2v) is 6.28. The number of carboxylic acid groups (broad SMARTS) is 1. The smallest absolute Gasteiger partial charge is 0.337 e. The number of hydrogen-bond donors (Lipinski definition) is 2. The van der Waals surface area contributed by atoms with Crippen molar-refractivity contribution in [1.82, 2.24) is 4.90 Å². The van der Waals surface area contributed by atoms with Crippen LogP contribution < -0.4 is 5.32 Å². The molecule has 110 valence electrons. The number of anilines is 1. The molecule has 1 aromatic carbocycles. The van der Waals surface area contributed by atoms with Gasteiger partial charge in [-0.25, -0.2) is 9.59 Å². The highest BCUT2D eigenvalue weighted by Crippen LogP contribution is 2.21. The molecule has 2 rings (SSSR count). The molecule has 21 heavy (non-hydrogen) atoms. The molecule has 2 N–H and O–H groups in total. The van der Waals surface area contributed by atoms with Crippen molar-refractivity contribution in [3.63, 3.8) is 0 Å². The van der Waals surface area contributed by atoms with E-state index in [0.29, 0.717) is 6.54 Å². The summed E-state index contributed by atoms with van der Waals surface area (Å²) in [6, 6.07) is 7.91. The molecule has 0 unspecified atom stereocenters. The Bertz CT molecular complexity index is 672. The number of hydrogen-bond acceptors (Lipinski definition) is 3. The van der Waals surface area contributed by atoms with E-state index in [2.05, 4.69) is 21.2 Å². The molecule has 0 saturated carbocycles. The van der Waals surface area contributed by atoms with Crippen LogP contribution in [0.15, 0.2) is 40.2 Å². The summed E-state index contributed by atoms with van der Waals surface area (Å²) in [6.45, 7) is 0.456. The highest BCUT2D eigenvalue weighted by molar-refractivity contribution is 9.10. The summed E-state index contributed by atoms with van der Waals surface area (Å²) in [5, 5.41) is 13.6. The van der Waals surface area contributed by atoms with Crippen LogP contribution in [0.4, 0.5) is 10.5 Å². The van der Waals surface area contributed by atoms with Crippen LogP contribution in [0.1, 0.15) is 15.2 Å². The summed E-state index contributed by atoms with van der Waals surface area (Å²) in [6.07, 6.45) is 0. The van der Waals surface area contributed by atoms with Gasteiger partial charge >= 0.3 is 12.0 Å². The standard InChI is InChI=1S/C14H13BrN2O3S/c1-17(7-10-6-9(15)8-21-10)14(20)16-12-5-3-2-4-11(12)13(18)19/h2-6,8H,7H2,1H3,(H,16,20)(H,18,19). The van der Waals surface area contributed by atoms with E-state index in [1.54, 1.807) is 36.6 Å². The highest BCUT2D eigenvalue weighted by Gasteiger charge is 2.15. The van der Waals surface area contributed by atoms with Crippen LogP contribution in [0.3, 0.4) is 0 Å². The van der Waals surface area contributed by atoms with Gasteiger partial charge in [-0.3, -0.25) is 0 Å². The van der Waals surface area contributed by atoms with Gasteiger partial charge in [-0.1, -0.05) is 12.1 Å². The summed E-state index contributed by atoms with van der Waals surface area (Å²) in [5.74, 6) is -1.07. The van der Waals surface area contributed by atoms with Gasteiger partial charge in [-0.15, -0.1) is 11.3 Å². The van der Waals surface area contributed by atoms with Crippen LogP contribution in [-0.4, -0.2) is 29.1 Å². The van der Waals surface area contributed by atoms with Crippen LogP contribution in [0.5, 0.6) is 0 Å². The molecule has 0 bridgehead atoms. The van der Waals surface area contributed by atoms with Gasteiger partial charge in [0.25, 0.3) is 0 Å². The molecular formula is C14H13BrN2O3S. The number of carbonyl (C=O) groups excluding carboxylic acids is 1. The minimum atomic E-state index is -1.07. The van der Waals surface area contributed by atoms with Crippen molar-refractivity contribution in [3.8, 4) is 0 Å². The van der Waals surface area contributed by atoms with E-state index in [9.17, 15) is 9.59 Å². The zero-order valence-corrected chi connectivity index (χ0v) is 13.6. The molecule has 0 aliphatic heterocycles. The van der Waals surface area contributed by atoms with Crippen LogP contribution in [0.2, 0.25) is 0 Å². The average Bonchev–Trinajstić information content (AvgIpc) is 2.84. The molecule has 0 aliphatic carbocycles. The number of halogens is 1. The van der Waals surface area contributed by atoms with Gasteiger partial charge in [0.1, 0.15) is 0 Å². The van der Waals surface area contributed by atoms with Crippen LogP contribution in [0, 0.1) is 0 Å². The van der Waals surface area contributed by atoms with Gasteiger partial charge in [0.15, 0.2) is 0 Å². The molecule has 0 fully saturated rings. The maximum absolute atomic E-state index is 12.1. The number of amides is 2. The van der Waals surface area contributed by atoms with Gasteiger partial charge in [-0.2, -0.15) is 0 Å². The Kier molecular flexibility index (Phi) is 4.98. The fourth-order valence-electron chi connectivity index (χ4n) is 1.73. The van der Waals surface area contributed by atoms with Crippen molar-refractivity contribution < 1.29 is 14.7 Å². The maximum Gasteiger partial charge on any atom is 0.337 e. The lowest BCUT2D eigenvalue weighted by Gasteiger charge is -2.18. The first-order chi connectivity index (χ1) is 9.97. The van der Waals surface area contributed by atoms with Crippen molar-refractivity contribution in [1.29, 1.82) is 0 Å². The molecule has 0 spiro atoms. The molecule has 1 aromatic heterocycles. The van der Waals surface area contributed by atoms with E-state index >= 15 is 0 Å². The molecule has 0 radical (unpaired) electrons. The minimum Gasteiger partial charge on any atom is -0.478 e. The average molecular weight is 369 g/mol. The zero-order chi connectivity index (χ0) is 15.4. The van der Waals surface area contributed by atoms with Gasteiger partial charge < -0.3 is 15.3 Å². The molecule has 7 heteroatoms. The number of benzene rings is 1.